The molecule has 0 aromatic carbocycles. The fourth-order valence-corrected chi connectivity index (χ4v) is 3.19. The number of nitrogens with one attached hydrogen (secondary N) is 1. The Bertz CT molecular complexity index is 1280. The van der Waals surface area contributed by atoms with Crippen molar-refractivity contribution < 1.29 is 26.3 Å². The summed E-state index contributed by atoms with van der Waals surface area (Å²) >= 11 is 0. The molecule has 4 aromatic heterocycles. The van der Waals surface area contributed by atoms with E-state index in [0.29, 0.717) is 22.6 Å². The van der Waals surface area contributed by atoms with E-state index in [2.05, 4.69) is 29.8 Å². The Morgan fingerprint density at radius 2 is 2.00 bits per heavy atom. The highest BCUT2D eigenvalue weighted by Gasteiger charge is 2.42. The fourth-order valence-electron chi connectivity index (χ4n) is 2.81. The number of H-pyrrole nitrogens is 1. The number of halogens is 3. The van der Waals surface area contributed by atoms with Crippen LogP contribution in [0.2, 0.25) is 0 Å². The number of aromatic nitrogens is 6. The number of hydrogen-bond acceptors (Lipinski definition) is 7. The van der Waals surface area contributed by atoms with E-state index >= 15 is 0 Å². The van der Waals surface area contributed by atoms with Gasteiger partial charge in [0.1, 0.15) is 17.3 Å². The van der Waals surface area contributed by atoms with Crippen molar-refractivity contribution in [1.29, 1.82) is 0 Å². The Balaban J connectivity index is 1.57. The number of hydrogen-bond donors (Lipinski definition) is 1. The van der Waals surface area contributed by atoms with Gasteiger partial charge in [-0.25, -0.2) is 28.1 Å². The Kier molecular flexibility index (Phi) is 5.23. The molecule has 0 fully saturated rings. The first-order chi connectivity index (χ1) is 14.6. The summed E-state index contributed by atoms with van der Waals surface area (Å²) in [7, 11) is -3.74. The zero-order chi connectivity index (χ0) is 22.2. The second-order valence-corrected chi connectivity index (χ2v) is 8.80. The van der Waals surface area contributed by atoms with Crippen LogP contribution in [-0.2, 0) is 14.6 Å². The molecule has 0 saturated carbocycles. The fraction of sp³-hybridized carbons (Fsp3) is 0.222. The highest BCUT2D eigenvalue weighted by atomic mass is 32.2. The molecule has 1 N–H and O–H groups in total. The minimum absolute atomic E-state index is 0.258. The number of fused-ring (bicyclic) bond motifs is 1. The van der Waals surface area contributed by atoms with Crippen LogP contribution in [-0.4, -0.2) is 56.5 Å². The quantitative estimate of drug-likeness (QED) is 0.478. The van der Waals surface area contributed by atoms with E-state index in [0.717, 1.165) is 18.5 Å². The summed E-state index contributed by atoms with van der Waals surface area (Å²) < 4.78 is 68.2. The van der Waals surface area contributed by atoms with Gasteiger partial charge in [0.05, 0.1) is 11.8 Å². The average molecular weight is 452 g/mol. The van der Waals surface area contributed by atoms with E-state index in [-0.39, 0.29) is 11.4 Å². The third-order valence-corrected chi connectivity index (χ3v) is 4.73. The lowest BCUT2D eigenvalue weighted by Crippen LogP contribution is -2.26. The van der Waals surface area contributed by atoms with Crippen LogP contribution in [0.25, 0.3) is 28.4 Å². The summed E-state index contributed by atoms with van der Waals surface area (Å²) in [5, 5.41) is 4.17. The number of nitrogens with zero attached hydrogens (tertiary/aromatic N) is 5. The molecule has 1 atom stereocenters. The van der Waals surface area contributed by atoms with Gasteiger partial charge in [-0.1, -0.05) is 6.07 Å². The van der Waals surface area contributed by atoms with Crippen LogP contribution in [0, 0.1) is 0 Å². The summed E-state index contributed by atoms with van der Waals surface area (Å²) in [4.78, 5) is 15.6. The predicted molar refractivity (Wildman–Crippen MR) is 104 cm³/mol. The minimum Gasteiger partial charge on any atom is -0.348 e. The van der Waals surface area contributed by atoms with E-state index < -0.39 is 28.1 Å². The second-order valence-electron chi connectivity index (χ2n) is 6.71. The monoisotopic (exact) mass is 452 g/mol. The van der Waals surface area contributed by atoms with Crippen molar-refractivity contribution >= 4 is 21.0 Å². The maximum Gasteiger partial charge on any atom is 0.418 e. The topological polar surface area (TPSA) is 116 Å². The smallest absolute Gasteiger partial charge is 0.348 e. The molecule has 162 valence electrons. The molecule has 0 saturated heterocycles. The summed E-state index contributed by atoms with van der Waals surface area (Å²) in [6.07, 6.45) is -0.686. The van der Waals surface area contributed by atoms with E-state index in [4.69, 9.17) is 0 Å². The van der Waals surface area contributed by atoms with Gasteiger partial charge in [0, 0.05) is 30.4 Å². The summed E-state index contributed by atoms with van der Waals surface area (Å²) in [6, 6.07) is 6.05. The van der Waals surface area contributed by atoms with Crippen LogP contribution < -0.4 is 0 Å². The molecular formula is C18H15F3N6O3S. The SMILES string of the molecule is CS(=O)(=O)COC(c1ccc(-n2cc(-c3nc4cccnc4[nH]3)cn2)nc1)C(F)(F)F. The largest absolute Gasteiger partial charge is 0.418 e. The number of pyridine rings is 2. The molecule has 0 bridgehead atoms. The normalized spacial score (nSPS) is 13.5. The zero-order valence-corrected chi connectivity index (χ0v) is 16.7. The van der Waals surface area contributed by atoms with Gasteiger partial charge in [-0.2, -0.15) is 18.3 Å². The van der Waals surface area contributed by atoms with Crippen molar-refractivity contribution in [3.63, 3.8) is 0 Å². The van der Waals surface area contributed by atoms with Gasteiger partial charge in [0.25, 0.3) is 0 Å². The van der Waals surface area contributed by atoms with Gasteiger partial charge >= 0.3 is 6.18 Å². The summed E-state index contributed by atoms with van der Waals surface area (Å²) in [5.74, 6) is -0.274. The number of imidazole rings is 1. The van der Waals surface area contributed by atoms with Crippen LogP contribution >= 0.6 is 0 Å². The van der Waals surface area contributed by atoms with Crippen LogP contribution in [0.15, 0.2) is 49.1 Å². The molecule has 4 aromatic rings. The first kappa shape index (κ1) is 20.9. The molecule has 0 aliphatic carbocycles. The molecule has 0 amide bonds. The number of alkyl halides is 3. The van der Waals surface area contributed by atoms with Crippen LogP contribution in [0.5, 0.6) is 0 Å². The van der Waals surface area contributed by atoms with Gasteiger partial charge in [0.15, 0.2) is 27.4 Å². The predicted octanol–water partition coefficient (Wildman–Crippen LogP) is 2.83. The standard InChI is InChI=1S/C18H15F3N6O3S/c1-31(28,29)10-30-15(18(19,20)21)11-4-5-14(23-7-11)27-9-12(8-24-27)16-25-13-3-2-6-22-17(13)26-16/h2-9,15H,10H2,1H3,(H,22,25,26). The number of sulfone groups is 1. The summed E-state index contributed by atoms with van der Waals surface area (Å²) in [6.45, 7) is 0. The van der Waals surface area contributed by atoms with Crippen molar-refractivity contribution in [2.24, 2.45) is 0 Å². The van der Waals surface area contributed by atoms with E-state index in [9.17, 15) is 21.6 Å². The molecule has 31 heavy (non-hydrogen) atoms. The molecule has 4 heterocycles. The second kappa shape index (κ2) is 7.74. The number of aromatic amines is 1. The lowest BCUT2D eigenvalue weighted by Gasteiger charge is -2.20. The molecule has 13 heteroatoms. The van der Waals surface area contributed by atoms with E-state index in [1.807, 2.05) is 0 Å². The van der Waals surface area contributed by atoms with E-state index in [1.165, 1.54) is 16.9 Å². The van der Waals surface area contributed by atoms with Gasteiger partial charge < -0.3 is 9.72 Å². The number of rotatable bonds is 6. The van der Waals surface area contributed by atoms with Gasteiger partial charge in [0.2, 0.25) is 0 Å². The highest BCUT2D eigenvalue weighted by molar-refractivity contribution is 7.90. The summed E-state index contributed by atoms with van der Waals surface area (Å²) in [5.41, 5.74) is 1.60. The Hall–Kier alpha value is -3.32. The third kappa shape index (κ3) is 4.72. The van der Waals surface area contributed by atoms with Crippen LogP contribution in [0.1, 0.15) is 11.7 Å². The molecular weight excluding hydrogens is 437 g/mol. The van der Waals surface area contributed by atoms with Gasteiger partial charge in [-0.3, -0.25) is 0 Å². The minimum atomic E-state index is -4.80. The molecule has 0 aliphatic heterocycles. The number of ether oxygens (including phenoxy) is 1. The van der Waals surface area contributed by atoms with Gasteiger partial charge in [-0.05, 0) is 18.2 Å². The third-order valence-electron chi connectivity index (χ3n) is 4.17. The molecule has 0 spiro atoms. The van der Waals surface area contributed by atoms with Crippen LogP contribution in [0.4, 0.5) is 13.2 Å². The lowest BCUT2D eigenvalue weighted by atomic mass is 10.1. The molecule has 4 rings (SSSR count). The van der Waals surface area contributed by atoms with Crippen molar-refractivity contribution in [3.8, 4) is 17.2 Å². The Labute approximate surface area is 173 Å². The van der Waals surface area contributed by atoms with Crippen molar-refractivity contribution in [1.82, 2.24) is 29.7 Å². The maximum atomic E-state index is 13.3. The molecule has 1 unspecified atom stereocenters. The maximum absolute atomic E-state index is 13.3. The average Bonchev–Trinajstić information content (AvgIpc) is 3.33. The zero-order valence-electron chi connectivity index (χ0n) is 15.9. The van der Waals surface area contributed by atoms with E-state index in [1.54, 1.807) is 24.5 Å². The molecule has 0 aliphatic rings. The Morgan fingerprint density at radius 3 is 2.65 bits per heavy atom. The highest BCUT2D eigenvalue weighted by Crippen LogP contribution is 2.36. The molecule has 9 nitrogen and oxygen atoms in total. The first-order valence-corrected chi connectivity index (χ1v) is 10.8. The first-order valence-electron chi connectivity index (χ1n) is 8.78. The van der Waals surface area contributed by atoms with Crippen molar-refractivity contribution in [2.45, 2.75) is 12.3 Å². The Morgan fingerprint density at radius 1 is 1.19 bits per heavy atom. The molecule has 0 radical (unpaired) electrons. The van der Waals surface area contributed by atoms with Crippen molar-refractivity contribution in [3.05, 3.63) is 54.6 Å². The van der Waals surface area contributed by atoms with Crippen molar-refractivity contribution in [2.75, 3.05) is 12.2 Å². The van der Waals surface area contributed by atoms with Gasteiger partial charge in [-0.15, -0.1) is 0 Å². The van der Waals surface area contributed by atoms with Crippen LogP contribution in [0.3, 0.4) is 0 Å². The lowest BCUT2D eigenvalue weighted by molar-refractivity contribution is -0.218.